The first kappa shape index (κ1) is 18.3. The molecule has 2 aliphatic rings. The Kier molecular flexibility index (Phi) is 4.66. The number of urea groups is 1. The normalized spacial score (nSPS) is 18.4. The summed E-state index contributed by atoms with van der Waals surface area (Å²) in [5.41, 5.74) is 2.52. The van der Waals surface area contributed by atoms with Crippen LogP contribution >= 0.6 is 0 Å². The van der Waals surface area contributed by atoms with Crippen molar-refractivity contribution in [3.63, 3.8) is 0 Å². The van der Waals surface area contributed by atoms with Crippen molar-refractivity contribution in [2.24, 2.45) is 0 Å². The van der Waals surface area contributed by atoms with Crippen LogP contribution in [0, 0.1) is 0 Å². The first-order valence-corrected chi connectivity index (χ1v) is 9.65. The second-order valence-electron chi connectivity index (χ2n) is 7.64. The molecule has 2 fully saturated rings. The molecule has 4 rings (SSSR count). The lowest BCUT2D eigenvalue weighted by molar-refractivity contribution is -0.139. The molecular weight excluding hydrogens is 356 g/mol. The van der Waals surface area contributed by atoms with Crippen molar-refractivity contribution >= 4 is 34.3 Å². The van der Waals surface area contributed by atoms with Crippen LogP contribution in [0.3, 0.4) is 0 Å². The Morgan fingerprint density at radius 3 is 2.57 bits per heavy atom. The minimum Gasteiger partial charge on any atom is -0.365 e. The molecule has 28 heavy (non-hydrogen) atoms. The van der Waals surface area contributed by atoms with E-state index in [0.717, 1.165) is 40.7 Å². The number of hydrogen-bond acceptors (Lipinski definition) is 4. The highest BCUT2D eigenvalue weighted by Gasteiger charge is 2.52. The van der Waals surface area contributed by atoms with E-state index in [-0.39, 0.29) is 12.5 Å². The summed E-state index contributed by atoms with van der Waals surface area (Å²) in [5.74, 6) is -0.758. The number of nitrogens with zero attached hydrogens (tertiary/aromatic N) is 2. The fraction of sp³-hybridized carbons (Fsp3) is 0.381. The fourth-order valence-corrected chi connectivity index (χ4v) is 4.10. The Balaban J connectivity index is 1.42. The highest BCUT2D eigenvalue weighted by atomic mass is 16.2. The lowest BCUT2D eigenvalue weighted by atomic mass is 9.82. The Bertz CT molecular complexity index is 936. The van der Waals surface area contributed by atoms with Crippen LogP contribution in [-0.2, 0) is 9.59 Å². The smallest absolute Gasteiger partial charge is 0.344 e. The second-order valence-corrected chi connectivity index (χ2v) is 7.64. The summed E-state index contributed by atoms with van der Waals surface area (Å²) in [5, 5.41) is 5.85. The third kappa shape index (κ3) is 3.28. The molecule has 1 aliphatic carbocycles. The Labute approximate surface area is 163 Å². The van der Waals surface area contributed by atoms with Crippen molar-refractivity contribution in [2.75, 3.05) is 18.5 Å². The summed E-state index contributed by atoms with van der Waals surface area (Å²) in [6.07, 6.45) is 4.12. The topological polar surface area (TPSA) is 81.8 Å². The number of rotatable bonds is 4. The third-order valence-corrected chi connectivity index (χ3v) is 5.66. The van der Waals surface area contributed by atoms with E-state index < -0.39 is 17.5 Å². The lowest BCUT2D eigenvalue weighted by Crippen LogP contribution is -2.52. The van der Waals surface area contributed by atoms with E-state index in [0.29, 0.717) is 12.8 Å². The van der Waals surface area contributed by atoms with Crippen LogP contribution in [0.4, 0.5) is 10.5 Å². The predicted molar refractivity (Wildman–Crippen MR) is 107 cm³/mol. The van der Waals surface area contributed by atoms with E-state index in [1.807, 2.05) is 42.5 Å². The maximum atomic E-state index is 12.7. The molecule has 0 radical (unpaired) electrons. The molecule has 1 heterocycles. The average Bonchev–Trinajstić information content (AvgIpc) is 2.92. The number of hydrogen-bond donors (Lipinski definition) is 2. The van der Waals surface area contributed by atoms with Gasteiger partial charge in [0.15, 0.2) is 0 Å². The summed E-state index contributed by atoms with van der Waals surface area (Å²) in [4.78, 5) is 39.3. The minimum absolute atomic E-state index is 0.0302. The van der Waals surface area contributed by atoms with Crippen LogP contribution < -0.4 is 15.6 Å². The van der Waals surface area contributed by atoms with Crippen LogP contribution in [0.2, 0.25) is 0 Å². The molecule has 0 atom stereocenters. The number of imide groups is 1. The van der Waals surface area contributed by atoms with Crippen molar-refractivity contribution in [1.29, 1.82) is 0 Å². The van der Waals surface area contributed by atoms with Crippen molar-refractivity contribution in [1.82, 2.24) is 15.8 Å². The number of likely N-dealkylation sites (N-methyl/N-ethyl adjacent to an activating group) is 1. The van der Waals surface area contributed by atoms with Gasteiger partial charge in [-0.1, -0.05) is 49.6 Å². The third-order valence-electron chi connectivity index (χ3n) is 5.66. The van der Waals surface area contributed by atoms with Gasteiger partial charge in [0.2, 0.25) is 0 Å². The highest BCUT2D eigenvalue weighted by molar-refractivity contribution is 6.08. The highest BCUT2D eigenvalue weighted by Crippen LogP contribution is 2.33. The second kappa shape index (κ2) is 7.14. The molecule has 1 saturated heterocycles. The Morgan fingerprint density at radius 1 is 1.11 bits per heavy atom. The molecule has 1 spiro atoms. The monoisotopic (exact) mass is 380 g/mol. The molecule has 7 nitrogen and oxygen atoms in total. The predicted octanol–water partition coefficient (Wildman–Crippen LogP) is 2.56. The first-order chi connectivity index (χ1) is 13.5. The van der Waals surface area contributed by atoms with Crippen LogP contribution in [0.5, 0.6) is 0 Å². The van der Waals surface area contributed by atoms with Crippen LogP contribution in [-0.4, -0.2) is 42.0 Å². The van der Waals surface area contributed by atoms with E-state index in [1.165, 1.54) is 0 Å². The molecule has 0 bridgehead atoms. The largest absolute Gasteiger partial charge is 0.365 e. The summed E-state index contributed by atoms with van der Waals surface area (Å²) < 4.78 is 0. The van der Waals surface area contributed by atoms with Crippen molar-refractivity contribution < 1.29 is 14.4 Å². The Morgan fingerprint density at radius 2 is 1.82 bits per heavy atom. The minimum atomic E-state index is -0.840. The summed E-state index contributed by atoms with van der Waals surface area (Å²) in [7, 11) is 1.80. The average molecular weight is 380 g/mol. The first-order valence-electron chi connectivity index (χ1n) is 9.65. The molecule has 0 aromatic heterocycles. The van der Waals surface area contributed by atoms with Crippen molar-refractivity contribution in [3.8, 4) is 0 Å². The van der Waals surface area contributed by atoms with Gasteiger partial charge in [-0.15, -0.1) is 0 Å². The van der Waals surface area contributed by atoms with Crippen LogP contribution in [0.15, 0.2) is 42.5 Å². The molecule has 0 unspecified atom stereocenters. The van der Waals surface area contributed by atoms with Crippen molar-refractivity contribution in [3.05, 3.63) is 42.5 Å². The summed E-state index contributed by atoms with van der Waals surface area (Å²) >= 11 is 0. The SMILES string of the molecule is CN(CC(=O)NN1C(=O)NC2(CCCCC2)C1=O)c1ccc2ccccc2c1. The molecule has 2 aromatic carbocycles. The van der Waals surface area contributed by atoms with Crippen molar-refractivity contribution in [2.45, 2.75) is 37.6 Å². The number of carbonyl (C=O) groups excluding carboxylic acids is 3. The molecule has 4 amide bonds. The van der Waals surface area contributed by atoms with Gasteiger partial charge in [-0.25, -0.2) is 4.79 Å². The zero-order chi connectivity index (χ0) is 19.7. The number of amides is 4. The van der Waals surface area contributed by atoms with Gasteiger partial charge in [0.25, 0.3) is 11.8 Å². The molecule has 2 aromatic rings. The fourth-order valence-electron chi connectivity index (χ4n) is 4.10. The van der Waals surface area contributed by atoms with Gasteiger partial charge in [-0.3, -0.25) is 15.0 Å². The van der Waals surface area contributed by atoms with E-state index in [9.17, 15) is 14.4 Å². The van der Waals surface area contributed by atoms with Crippen LogP contribution in [0.1, 0.15) is 32.1 Å². The number of nitrogens with one attached hydrogen (secondary N) is 2. The standard InChI is InChI=1S/C21H24N4O3/c1-24(17-10-9-15-7-3-4-8-16(15)13-17)14-18(26)23-25-19(27)21(22-20(25)28)11-5-2-6-12-21/h3-4,7-10,13H,2,5-6,11-12,14H2,1H3,(H,22,28)(H,23,26). The molecule has 146 valence electrons. The molecular formula is C21H24N4O3. The molecule has 1 saturated carbocycles. The van der Waals surface area contributed by atoms with Crippen LogP contribution in [0.25, 0.3) is 10.8 Å². The van der Waals surface area contributed by atoms with Gasteiger partial charge in [0.05, 0.1) is 6.54 Å². The van der Waals surface area contributed by atoms with Gasteiger partial charge < -0.3 is 10.2 Å². The zero-order valence-electron chi connectivity index (χ0n) is 15.9. The maximum Gasteiger partial charge on any atom is 0.344 e. The van der Waals surface area contributed by atoms with E-state index in [2.05, 4.69) is 10.7 Å². The molecule has 1 aliphatic heterocycles. The van der Waals surface area contributed by atoms with Gasteiger partial charge in [0, 0.05) is 12.7 Å². The van der Waals surface area contributed by atoms with Gasteiger partial charge in [-0.2, -0.15) is 5.01 Å². The number of benzene rings is 2. The maximum absolute atomic E-state index is 12.7. The zero-order valence-corrected chi connectivity index (χ0v) is 15.9. The van der Waals surface area contributed by atoms with E-state index in [1.54, 1.807) is 11.9 Å². The van der Waals surface area contributed by atoms with E-state index in [4.69, 9.17) is 0 Å². The van der Waals surface area contributed by atoms with Gasteiger partial charge >= 0.3 is 6.03 Å². The summed E-state index contributed by atoms with van der Waals surface area (Å²) in [6, 6.07) is 13.4. The Hall–Kier alpha value is -3.09. The summed E-state index contributed by atoms with van der Waals surface area (Å²) in [6.45, 7) is 0.0302. The number of anilines is 1. The lowest BCUT2D eigenvalue weighted by Gasteiger charge is -2.30. The van der Waals surface area contributed by atoms with Gasteiger partial charge in [0.1, 0.15) is 5.54 Å². The van der Waals surface area contributed by atoms with Gasteiger partial charge in [-0.05, 0) is 35.7 Å². The molecule has 2 N–H and O–H groups in total. The number of fused-ring (bicyclic) bond motifs is 1. The van der Waals surface area contributed by atoms with E-state index >= 15 is 0 Å². The number of carbonyl (C=O) groups is 3. The molecule has 7 heteroatoms. The number of hydrazine groups is 1. The quantitative estimate of drug-likeness (QED) is 0.799.